The fraction of sp³-hybridized carbons (Fsp3) is 0.269. The summed E-state index contributed by atoms with van der Waals surface area (Å²) < 4.78 is 35.1. The van der Waals surface area contributed by atoms with Crippen molar-refractivity contribution < 1.29 is 17.9 Å². The monoisotopic (exact) mass is 508 g/mol. The summed E-state index contributed by atoms with van der Waals surface area (Å²) in [5.41, 5.74) is 1.80. The molecule has 0 amide bonds. The molecular weight excluding hydrogens is 480 g/mol. The molecule has 10 heteroatoms. The number of H-pyrrole nitrogens is 1. The quantitative estimate of drug-likeness (QED) is 0.330. The molecule has 2 N–H and O–H groups in total. The number of methoxy groups -OCH3 is 1. The smallest absolute Gasteiger partial charge is 0.259 e. The standard InChI is InChI=1S/C26H28N4O5S/c1-16(2)27-13-14-35-23-12-11-21(28-24(23)17-5-8-19(9-6-17)36(4,32)33)25-29-22-15-18(34-3)7-10-20(22)26(31)30-25/h5-12,15-16,27H,13-14H2,1-4H3,(H,29,30,31). The molecule has 0 aliphatic rings. The highest BCUT2D eigenvalue weighted by atomic mass is 32.2. The molecule has 0 aliphatic carbocycles. The van der Waals surface area contributed by atoms with Crippen LogP contribution in [0.15, 0.2) is 64.3 Å². The highest BCUT2D eigenvalue weighted by molar-refractivity contribution is 7.90. The van der Waals surface area contributed by atoms with Gasteiger partial charge in [0.2, 0.25) is 0 Å². The molecule has 188 valence electrons. The van der Waals surface area contributed by atoms with Crippen molar-refractivity contribution in [2.75, 3.05) is 26.5 Å². The van der Waals surface area contributed by atoms with E-state index in [2.05, 4.69) is 29.1 Å². The van der Waals surface area contributed by atoms with Crippen LogP contribution in [0.25, 0.3) is 33.7 Å². The average Bonchev–Trinajstić information content (AvgIpc) is 2.85. The first-order valence-electron chi connectivity index (χ1n) is 11.4. The zero-order valence-electron chi connectivity index (χ0n) is 20.5. The third-order valence-electron chi connectivity index (χ3n) is 5.48. The van der Waals surface area contributed by atoms with Crippen LogP contribution in [0.5, 0.6) is 11.5 Å². The normalized spacial score (nSPS) is 11.7. The zero-order valence-corrected chi connectivity index (χ0v) is 21.3. The lowest BCUT2D eigenvalue weighted by molar-refractivity contribution is 0.309. The van der Waals surface area contributed by atoms with E-state index in [1.807, 2.05) is 0 Å². The number of ether oxygens (including phenoxy) is 2. The Bertz CT molecular complexity index is 1550. The van der Waals surface area contributed by atoms with Gasteiger partial charge in [0, 0.05) is 30.5 Å². The van der Waals surface area contributed by atoms with Gasteiger partial charge in [-0.25, -0.2) is 18.4 Å². The van der Waals surface area contributed by atoms with Crippen molar-refractivity contribution in [2.24, 2.45) is 0 Å². The molecule has 0 bridgehead atoms. The number of rotatable bonds is 9. The van der Waals surface area contributed by atoms with E-state index in [-0.39, 0.29) is 10.5 Å². The second-order valence-electron chi connectivity index (χ2n) is 8.59. The van der Waals surface area contributed by atoms with Crippen LogP contribution in [0.1, 0.15) is 13.8 Å². The topological polar surface area (TPSA) is 123 Å². The molecule has 4 aromatic rings. The first-order valence-corrected chi connectivity index (χ1v) is 13.3. The summed E-state index contributed by atoms with van der Waals surface area (Å²) in [6.45, 7) is 5.17. The number of nitrogens with zero attached hydrogens (tertiary/aromatic N) is 2. The lowest BCUT2D eigenvalue weighted by Crippen LogP contribution is -2.27. The molecular formula is C26H28N4O5S. The van der Waals surface area contributed by atoms with Gasteiger partial charge in [-0.15, -0.1) is 0 Å². The highest BCUT2D eigenvalue weighted by Crippen LogP contribution is 2.31. The molecule has 2 aromatic heterocycles. The van der Waals surface area contributed by atoms with Gasteiger partial charge < -0.3 is 19.8 Å². The van der Waals surface area contributed by atoms with Crippen LogP contribution in [-0.4, -0.2) is 55.9 Å². The van der Waals surface area contributed by atoms with Crippen LogP contribution in [0.4, 0.5) is 0 Å². The molecule has 0 unspecified atom stereocenters. The third kappa shape index (κ3) is 5.72. The largest absolute Gasteiger partial charge is 0.497 e. The van der Waals surface area contributed by atoms with E-state index in [0.717, 1.165) is 6.26 Å². The van der Waals surface area contributed by atoms with E-state index >= 15 is 0 Å². The molecule has 2 aromatic carbocycles. The molecule has 0 atom stereocenters. The lowest BCUT2D eigenvalue weighted by atomic mass is 10.1. The molecule has 0 fully saturated rings. The maximum absolute atomic E-state index is 12.7. The van der Waals surface area contributed by atoms with Gasteiger partial charge in [0.15, 0.2) is 15.7 Å². The molecule has 0 spiro atoms. The maximum Gasteiger partial charge on any atom is 0.259 e. The Morgan fingerprint density at radius 1 is 1.03 bits per heavy atom. The third-order valence-corrected chi connectivity index (χ3v) is 6.61. The Hall–Kier alpha value is -3.76. The van der Waals surface area contributed by atoms with Crippen molar-refractivity contribution in [2.45, 2.75) is 24.8 Å². The van der Waals surface area contributed by atoms with E-state index in [1.165, 1.54) is 12.1 Å². The van der Waals surface area contributed by atoms with Gasteiger partial charge in [0.25, 0.3) is 5.56 Å². The first-order chi connectivity index (χ1) is 17.2. The van der Waals surface area contributed by atoms with Gasteiger partial charge in [-0.2, -0.15) is 0 Å². The Morgan fingerprint density at radius 2 is 1.78 bits per heavy atom. The first kappa shape index (κ1) is 25.3. The highest BCUT2D eigenvalue weighted by Gasteiger charge is 2.15. The minimum Gasteiger partial charge on any atom is -0.497 e. The van der Waals surface area contributed by atoms with Crippen molar-refractivity contribution >= 4 is 20.7 Å². The summed E-state index contributed by atoms with van der Waals surface area (Å²) >= 11 is 0. The number of benzene rings is 2. The lowest BCUT2D eigenvalue weighted by Gasteiger charge is -2.14. The number of aromatic amines is 1. The Balaban J connectivity index is 1.78. The Kier molecular flexibility index (Phi) is 7.37. The van der Waals surface area contributed by atoms with E-state index in [4.69, 9.17) is 14.5 Å². The predicted octanol–water partition coefficient (Wildman–Crippen LogP) is 3.44. The van der Waals surface area contributed by atoms with Crippen LogP contribution in [-0.2, 0) is 9.84 Å². The molecule has 0 saturated carbocycles. The number of pyridine rings is 1. The number of sulfone groups is 1. The second-order valence-corrected chi connectivity index (χ2v) is 10.6. The number of hydrogen-bond donors (Lipinski definition) is 2. The van der Waals surface area contributed by atoms with E-state index in [0.29, 0.717) is 64.4 Å². The average molecular weight is 509 g/mol. The molecule has 0 aliphatic heterocycles. The maximum atomic E-state index is 12.7. The summed E-state index contributed by atoms with van der Waals surface area (Å²) in [5, 5.41) is 3.74. The fourth-order valence-electron chi connectivity index (χ4n) is 3.64. The summed E-state index contributed by atoms with van der Waals surface area (Å²) in [4.78, 5) is 25.1. The van der Waals surface area contributed by atoms with Crippen molar-refractivity contribution in [3.8, 4) is 34.3 Å². The second kappa shape index (κ2) is 10.5. The molecule has 0 saturated heterocycles. The SMILES string of the molecule is COc1ccc2c(=O)[nH]c(-c3ccc(OCCNC(C)C)c(-c4ccc(S(C)(=O)=O)cc4)n3)nc2c1. The van der Waals surface area contributed by atoms with Crippen molar-refractivity contribution in [1.82, 2.24) is 20.3 Å². The molecule has 9 nitrogen and oxygen atoms in total. The molecule has 0 radical (unpaired) electrons. The number of aromatic nitrogens is 3. The van der Waals surface area contributed by atoms with Gasteiger partial charge in [0.1, 0.15) is 29.5 Å². The Morgan fingerprint density at radius 3 is 2.44 bits per heavy atom. The predicted molar refractivity (Wildman–Crippen MR) is 139 cm³/mol. The number of fused-ring (bicyclic) bond motifs is 1. The van der Waals surface area contributed by atoms with Crippen LogP contribution >= 0.6 is 0 Å². The van der Waals surface area contributed by atoms with Gasteiger partial charge in [0.05, 0.1) is 22.9 Å². The van der Waals surface area contributed by atoms with Gasteiger partial charge in [-0.3, -0.25) is 4.79 Å². The van der Waals surface area contributed by atoms with Gasteiger partial charge in [-0.1, -0.05) is 26.0 Å². The van der Waals surface area contributed by atoms with Crippen molar-refractivity contribution in [3.63, 3.8) is 0 Å². The molecule has 2 heterocycles. The van der Waals surface area contributed by atoms with Gasteiger partial charge in [-0.05, 0) is 36.4 Å². The van der Waals surface area contributed by atoms with E-state index in [9.17, 15) is 13.2 Å². The Labute approximate surface area is 209 Å². The summed E-state index contributed by atoms with van der Waals surface area (Å²) in [7, 11) is -1.79. The van der Waals surface area contributed by atoms with E-state index < -0.39 is 9.84 Å². The number of hydrogen-bond acceptors (Lipinski definition) is 8. The van der Waals surface area contributed by atoms with Crippen LogP contribution in [0.3, 0.4) is 0 Å². The summed E-state index contributed by atoms with van der Waals surface area (Å²) in [6, 6.07) is 15.3. The van der Waals surface area contributed by atoms with Gasteiger partial charge >= 0.3 is 0 Å². The number of nitrogens with one attached hydrogen (secondary N) is 2. The van der Waals surface area contributed by atoms with Crippen LogP contribution < -0.4 is 20.3 Å². The molecule has 36 heavy (non-hydrogen) atoms. The van der Waals surface area contributed by atoms with Crippen molar-refractivity contribution in [1.29, 1.82) is 0 Å². The summed E-state index contributed by atoms with van der Waals surface area (Å²) in [5.74, 6) is 1.41. The van der Waals surface area contributed by atoms with Crippen LogP contribution in [0.2, 0.25) is 0 Å². The van der Waals surface area contributed by atoms with E-state index in [1.54, 1.807) is 49.6 Å². The minimum absolute atomic E-state index is 0.209. The summed E-state index contributed by atoms with van der Waals surface area (Å²) in [6.07, 6.45) is 1.16. The zero-order chi connectivity index (χ0) is 25.9. The van der Waals surface area contributed by atoms with Crippen molar-refractivity contribution in [3.05, 3.63) is 65.0 Å². The minimum atomic E-state index is -3.34. The fourth-order valence-corrected chi connectivity index (χ4v) is 4.27. The molecule has 4 rings (SSSR count). The van der Waals surface area contributed by atoms with Crippen LogP contribution in [0, 0.1) is 0 Å².